The largest absolute Gasteiger partial charge is 1.00 e. The van der Waals surface area contributed by atoms with Crippen molar-refractivity contribution in [1.82, 2.24) is 0 Å². The molecule has 4 heterocycles. The van der Waals surface area contributed by atoms with Crippen LogP contribution in [0.1, 0.15) is 35.4 Å². The molecule has 2 aliphatic rings. The molecule has 0 spiro atoms. The second kappa shape index (κ2) is 6.98. The first kappa shape index (κ1) is 17.6. The summed E-state index contributed by atoms with van der Waals surface area (Å²) in [6.45, 7) is 0. The van der Waals surface area contributed by atoms with Gasteiger partial charge in [-0.05, 0) is 28.8 Å². The van der Waals surface area contributed by atoms with Crippen LogP contribution in [0.5, 0.6) is 0 Å². The molecule has 23 heavy (non-hydrogen) atoms. The van der Waals surface area contributed by atoms with Crippen LogP contribution in [0.15, 0.2) is 41.1 Å². The lowest BCUT2D eigenvalue weighted by molar-refractivity contribution is -0.931. The van der Waals surface area contributed by atoms with Gasteiger partial charge in [-0.25, -0.2) is 0 Å². The average Bonchev–Trinajstić information content (AvgIpc) is 3.19. The lowest BCUT2D eigenvalue weighted by Crippen LogP contribution is -3.00. The van der Waals surface area contributed by atoms with Gasteiger partial charge in [-0.15, -0.1) is 22.7 Å². The summed E-state index contributed by atoms with van der Waals surface area (Å²) in [5.74, 6) is 0.753. The summed E-state index contributed by atoms with van der Waals surface area (Å²) >= 11 is 3.74. The van der Waals surface area contributed by atoms with Crippen molar-refractivity contribution in [3.63, 3.8) is 0 Å². The summed E-state index contributed by atoms with van der Waals surface area (Å²) < 4.78 is 1.26. The fourth-order valence-electron chi connectivity index (χ4n) is 4.44. The number of rotatable bonds is 3. The fourth-order valence-corrected chi connectivity index (χ4v) is 6.04. The first-order valence-electron chi connectivity index (χ1n) is 8.27. The highest BCUT2D eigenvalue weighted by Crippen LogP contribution is 2.44. The van der Waals surface area contributed by atoms with E-state index in [0.717, 1.165) is 18.0 Å². The van der Waals surface area contributed by atoms with Crippen LogP contribution >= 0.6 is 22.7 Å². The molecule has 0 N–H and O–H groups in total. The lowest BCUT2D eigenvalue weighted by atomic mass is 9.87. The molecule has 0 aromatic carbocycles. The Bertz CT molecular complexity index is 605. The summed E-state index contributed by atoms with van der Waals surface area (Å²) in [5.41, 5.74) is 1.47. The molecule has 2 aromatic heterocycles. The second-order valence-electron chi connectivity index (χ2n) is 7.28. The molecule has 0 amide bonds. The van der Waals surface area contributed by atoms with Crippen LogP contribution in [0.25, 0.3) is 5.57 Å². The van der Waals surface area contributed by atoms with Crippen molar-refractivity contribution in [1.29, 1.82) is 0 Å². The molecule has 4 heteroatoms. The number of nitrogens with zero attached hydrogens (tertiary/aromatic N) is 1. The molecule has 0 radical (unpaired) electrons. The number of quaternary nitrogens is 1. The highest BCUT2D eigenvalue weighted by Gasteiger charge is 2.48. The fraction of sp³-hybridized carbons (Fsp3) is 0.474. The van der Waals surface area contributed by atoms with E-state index in [1.165, 1.54) is 45.5 Å². The lowest BCUT2D eigenvalue weighted by Gasteiger charge is -2.43. The third kappa shape index (κ3) is 3.32. The minimum absolute atomic E-state index is 0. The van der Waals surface area contributed by atoms with Gasteiger partial charge >= 0.3 is 0 Å². The topological polar surface area (TPSA) is 0 Å². The highest BCUT2D eigenvalue weighted by molar-refractivity contribution is 7.13. The Labute approximate surface area is 164 Å². The minimum Gasteiger partial charge on any atom is -1.00 e. The van der Waals surface area contributed by atoms with Crippen LogP contribution in [0.2, 0.25) is 0 Å². The molecule has 2 fully saturated rings. The third-order valence-corrected chi connectivity index (χ3v) is 7.65. The predicted molar refractivity (Wildman–Crippen MR) is 97.4 cm³/mol. The van der Waals surface area contributed by atoms with Gasteiger partial charge in [-0.3, -0.25) is 0 Å². The zero-order chi connectivity index (χ0) is 15.2. The SMILES string of the molecule is C[N+]1(C)C2CCC1CC(C=C(c1cccs1)c1cccs1)C2.[I-]. The maximum Gasteiger partial charge on any atom is 0.0896 e. The normalized spacial score (nSPS) is 28.2. The van der Waals surface area contributed by atoms with Crippen LogP contribution in [0.3, 0.4) is 0 Å². The maximum atomic E-state index is 2.60. The zero-order valence-electron chi connectivity index (χ0n) is 13.7. The summed E-state index contributed by atoms with van der Waals surface area (Å²) in [5, 5.41) is 4.39. The Hall–Kier alpha value is -0.170. The molecule has 2 bridgehead atoms. The number of thiophene rings is 2. The monoisotopic (exact) mass is 457 g/mol. The number of hydrogen-bond acceptors (Lipinski definition) is 2. The van der Waals surface area contributed by atoms with Gasteiger partial charge in [0, 0.05) is 41.0 Å². The van der Waals surface area contributed by atoms with E-state index in [9.17, 15) is 0 Å². The van der Waals surface area contributed by atoms with E-state index in [1.54, 1.807) is 0 Å². The van der Waals surface area contributed by atoms with E-state index >= 15 is 0 Å². The number of allylic oxidation sites excluding steroid dienone is 1. The third-order valence-electron chi connectivity index (χ3n) is 5.84. The standard InChI is InChI=1S/C19H24NS2.HI/c1-20(2)15-7-8-16(20)12-14(11-15)13-17(18-5-3-9-21-18)19-6-4-10-22-19;/h3-6,9-10,13-16H,7-8,11-12H2,1-2H3;1H/q+1;/p-1. The Kier molecular flexibility index (Phi) is 5.36. The van der Waals surface area contributed by atoms with E-state index in [0.29, 0.717) is 0 Å². The van der Waals surface area contributed by atoms with Gasteiger partial charge in [0.15, 0.2) is 0 Å². The zero-order valence-corrected chi connectivity index (χ0v) is 17.5. The average molecular weight is 457 g/mol. The summed E-state index contributed by atoms with van der Waals surface area (Å²) in [7, 11) is 4.89. The van der Waals surface area contributed by atoms with Crippen molar-refractivity contribution in [2.24, 2.45) is 5.92 Å². The molecular formula is C19H24INS2. The summed E-state index contributed by atoms with van der Waals surface area (Å²) in [4.78, 5) is 2.85. The number of fused-ring (bicyclic) bond motifs is 2. The van der Waals surface area contributed by atoms with Gasteiger partial charge in [-0.1, -0.05) is 18.2 Å². The molecule has 2 atom stereocenters. The quantitative estimate of drug-likeness (QED) is 0.490. The first-order valence-corrected chi connectivity index (χ1v) is 10.0. The number of hydrogen-bond donors (Lipinski definition) is 0. The van der Waals surface area contributed by atoms with Crippen molar-refractivity contribution in [2.45, 2.75) is 37.8 Å². The van der Waals surface area contributed by atoms with Gasteiger partial charge in [-0.2, -0.15) is 0 Å². The molecule has 2 unspecified atom stereocenters. The Morgan fingerprint density at radius 3 is 1.96 bits per heavy atom. The number of piperidine rings is 1. The van der Waals surface area contributed by atoms with Gasteiger partial charge in [0.05, 0.1) is 26.2 Å². The van der Waals surface area contributed by atoms with E-state index in [4.69, 9.17) is 0 Å². The van der Waals surface area contributed by atoms with Crippen molar-refractivity contribution in [2.75, 3.05) is 14.1 Å². The highest BCUT2D eigenvalue weighted by atomic mass is 127. The van der Waals surface area contributed by atoms with Gasteiger partial charge < -0.3 is 28.5 Å². The Balaban J connectivity index is 0.00000156. The Morgan fingerprint density at radius 2 is 1.52 bits per heavy atom. The van der Waals surface area contributed by atoms with Crippen LogP contribution in [-0.2, 0) is 0 Å². The van der Waals surface area contributed by atoms with E-state index in [-0.39, 0.29) is 24.0 Å². The molecular weight excluding hydrogens is 433 g/mol. The van der Waals surface area contributed by atoms with E-state index < -0.39 is 0 Å². The first-order chi connectivity index (χ1) is 10.6. The maximum absolute atomic E-state index is 2.60. The van der Waals surface area contributed by atoms with Crippen LogP contribution in [-0.4, -0.2) is 30.7 Å². The smallest absolute Gasteiger partial charge is 0.0896 e. The van der Waals surface area contributed by atoms with Gasteiger partial charge in [0.2, 0.25) is 0 Å². The summed E-state index contributed by atoms with van der Waals surface area (Å²) in [6, 6.07) is 10.6. The van der Waals surface area contributed by atoms with E-state index in [1.807, 2.05) is 22.7 Å². The molecule has 2 aliphatic heterocycles. The van der Waals surface area contributed by atoms with Crippen molar-refractivity contribution >= 4 is 28.2 Å². The molecule has 4 rings (SSSR count). The molecule has 2 aromatic rings. The molecule has 0 aliphatic carbocycles. The van der Waals surface area contributed by atoms with Crippen molar-refractivity contribution < 1.29 is 28.5 Å². The molecule has 0 saturated carbocycles. The van der Waals surface area contributed by atoms with Gasteiger partial charge in [0.1, 0.15) is 0 Å². The Morgan fingerprint density at radius 1 is 1.00 bits per heavy atom. The minimum atomic E-state index is 0. The van der Waals surface area contributed by atoms with Crippen molar-refractivity contribution in [3.05, 3.63) is 50.9 Å². The van der Waals surface area contributed by atoms with Gasteiger partial charge in [0.25, 0.3) is 0 Å². The summed E-state index contributed by atoms with van der Waals surface area (Å²) in [6.07, 6.45) is 8.18. The predicted octanol–water partition coefficient (Wildman–Crippen LogP) is 2.26. The van der Waals surface area contributed by atoms with E-state index in [2.05, 4.69) is 55.2 Å². The second-order valence-corrected chi connectivity index (χ2v) is 9.18. The number of halogens is 1. The van der Waals surface area contributed by atoms with Crippen LogP contribution in [0.4, 0.5) is 0 Å². The molecule has 1 nitrogen and oxygen atoms in total. The van der Waals surface area contributed by atoms with Crippen LogP contribution in [0, 0.1) is 5.92 Å². The van der Waals surface area contributed by atoms with Crippen molar-refractivity contribution in [3.8, 4) is 0 Å². The van der Waals surface area contributed by atoms with Crippen LogP contribution < -0.4 is 24.0 Å². The molecule has 2 saturated heterocycles. The molecule has 124 valence electrons.